The van der Waals surface area contributed by atoms with Gasteiger partial charge in [0.15, 0.2) is 0 Å². The zero-order valence-electron chi connectivity index (χ0n) is 10.4. The van der Waals surface area contributed by atoms with Crippen molar-refractivity contribution in [1.82, 2.24) is 4.90 Å². The summed E-state index contributed by atoms with van der Waals surface area (Å²) in [6.07, 6.45) is 3.97. The van der Waals surface area contributed by atoms with Crippen LogP contribution in [0.1, 0.15) is 36.6 Å². The molecule has 2 N–H and O–H groups in total. The van der Waals surface area contributed by atoms with Crippen molar-refractivity contribution in [2.24, 2.45) is 5.73 Å². The summed E-state index contributed by atoms with van der Waals surface area (Å²) in [6, 6.07) is 2.94. The van der Waals surface area contributed by atoms with Crippen LogP contribution in [0.15, 0.2) is 11.4 Å². The van der Waals surface area contributed by atoms with E-state index in [4.69, 9.17) is 5.73 Å². The van der Waals surface area contributed by atoms with Crippen molar-refractivity contribution in [3.8, 4) is 11.8 Å². The molecule has 1 aliphatic carbocycles. The minimum absolute atomic E-state index is 0.441. The molecule has 1 fully saturated rings. The highest BCUT2D eigenvalue weighted by molar-refractivity contribution is 7.10. The van der Waals surface area contributed by atoms with Gasteiger partial charge in [0.25, 0.3) is 0 Å². The number of nitrogens with zero attached hydrogens (tertiary/aromatic N) is 1. The molecule has 0 aliphatic heterocycles. The average Bonchev–Trinajstić information content (AvgIpc) is 3.08. The third kappa shape index (κ3) is 3.57. The molecule has 1 saturated carbocycles. The second kappa shape index (κ2) is 6.20. The van der Waals surface area contributed by atoms with Crippen molar-refractivity contribution < 1.29 is 0 Å². The minimum atomic E-state index is 0.441. The molecular weight excluding hydrogens is 228 g/mol. The fourth-order valence-electron chi connectivity index (χ4n) is 2.02. The summed E-state index contributed by atoms with van der Waals surface area (Å²) in [4.78, 5) is 3.99. The van der Waals surface area contributed by atoms with Crippen LogP contribution >= 0.6 is 11.3 Å². The Kier molecular flexibility index (Phi) is 4.61. The molecule has 1 aromatic rings. The van der Waals surface area contributed by atoms with Gasteiger partial charge in [0.1, 0.15) is 0 Å². The standard InChI is InChI=1S/C14H20N2S/c1-2-9-16(13-5-6-13)11-14-12(4-3-8-15)7-10-17-14/h7,10,13H,2,5-6,8-9,11,15H2,1H3. The third-order valence-electron chi connectivity index (χ3n) is 2.99. The summed E-state index contributed by atoms with van der Waals surface area (Å²) in [7, 11) is 0. The highest BCUT2D eigenvalue weighted by atomic mass is 32.1. The van der Waals surface area contributed by atoms with Crippen molar-refractivity contribution in [2.75, 3.05) is 13.1 Å². The summed E-state index contributed by atoms with van der Waals surface area (Å²) in [5.74, 6) is 6.12. The molecule has 0 spiro atoms. The van der Waals surface area contributed by atoms with Gasteiger partial charge in [-0.15, -0.1) is 11.3 Å². The van der Waals surface area contributed by atoms with Crippen LogP contribution in [-0.2, 0) is 6.54 Å². The Balaban J connectivity index is 2.03. The Labute approximate surface area is 108 Å². The zero-order chi connectivity index (χ0) is 12.1. The van der Waals surface area contributed by atoms with Crippen LogP contribution in [0.5, 0.6) is 0 Å². The molecule has 1 heterocycles. The molecule has 2 nitrogen and oxygen atoms in total. The van der Waals surface area contributed by atoms with E-state index in [0.29, 0.717) is 6.54 Å². The largest absolute Gasteiger partial charge is 0.320 e. The van der Waals surface area contributed by atoms with Gasteiger partial charge in [-0.1, -0.05) is 18.8 Å². The van der Waals surface area contributed by atoms with Crippen molar-refractivity contribution in [2.45, 2.75) is 38.8 Å². The summed E-state index contributed by atoms with van der Waals surface area (Å²) in [6.45, 7) is 4.95. The molecule has 1 aliphatic rings. The van der Waals surface area contributed by atoms with Crippen molar-refractivity contribution in [3.05, 3.63) is 21.9 Å². The zero-order valence-corrected chi connectivity index (χ0v) is 11.2. The van der Waals surface area contributed by atoms with E-state index >= 15 is 0 Å². The van der Waals surface area contributed by atoms with Crippen LogP contribution in [0.4, 0.5) is 0 Å². The smallest absolute Gasteiger partial charge is 0.0555 e. The third-order valence-corrected chi connectivity index (χ3v) is 3.90. The molecule has 17 heavy (non-hydrogen) atoms. The second-order valence-electron chi connectivity index (χ2n) is 4.47. The lowest BCUT2D eigenvalue weighted by Crippen LogP contribution is -2.26. The first-order chi connectivity index (χ1) is 8.35. The number of hydrogen-bond acceptors (Lipinski definition) is 3. The van der Waals surface area contributed by atoms with E-state index in [0.717, 1.165) is 12.6 Å². The van der Waals surface area contributed by atoms with Gasteiger partial charge in [0.05, 0.1) is 6.54 Å². The molecule has 1 aromatic heterocycles. The molecule has 2 rings (SSSR count). The van der Waals surface area contributed by atoms with Gasteiger partial charge >= 0.3 is 0 Å². The second-order valence-corrected chi connectivity index (χ2v) is 5.47. The SMILES string of the molecule is CCCN(Cc1sccc1C#CCN)C1CC1. The lowest BCUT2D eigenvalue weighted by Gasteiger charge is -2.20. The average molecular weight is 248 g/mol. The predicted octanol–water partition coefficient (Wildman–Crippen LogP) is 2.43. The molecule has 0 radical (unpaired) electrons. The Morgan fingerprint density at radius 1 is 1.53 bits per heavy atom. The predicted molar refractivity (Wildman–Crippen MR) is 74.0 cm³/mol. The normalized spacial score (nSPS) is 14.8. The molecule has 0 unspecified atom stereocenters. The number of hydrogen-bond donors (Lipinski definition) is 1. The Hall–Kier alpha value is -0.820. The van der Waals surface area contributed by atoms with E-state index in [1.807, 2.05) is 11.3 Å². The van der Waals surface area contributed by atoms with Crippen molar-refractivity contribution in [3.63, 3.8) is 0 Å². The topological polar surface area (TPSA) is 29.3 Å². The molecule has 3 heteroatoms. The maximum atomic E-state index is 5.42. The van der Waals surface area contributed by atoms with Gasteiger partial charge in [-0.2, -0.15) is 0 Å². The van der Waals surface area contributed by atoms with Gasteiger partial charge in [0.2, 0.25) is 0 Å². The van der Waals surface area contributed by atoms with E-state index in [9.17, 15) is 0 Å². The van der Waals surface area contributed by atoms with Crippen LogP contribution in [0.2, 0.25) is 0 Å². The van der Waals surface area contributed by atoms with Gasteiger partial charge < -0.3 is 5.73 Å². The highest BCUT2D eigenvalue weighted by Gasteiger charge is 2.28. The lowest BCUT2D eigenvalue weighted by atomic mass is 10.2. The van der Waals surface area contributed by atoms with E-state index in [1.54, 1.807) is 0 Å². The summed E-state index contributed by atoms with van der Waals surface area (Å²) < 4.78 is 0. The first-order valence-electron chi connectivity index (χ1n) is 6.34. The van der Waals surface area contributed by atoms with Crippen LogP contribution in [-0.4, -0.2) is 24.0 Å². The Morgan fingerprint density at radius 3 is 3.00 bits per heavy atom. The fourth-order valence-corrected chi connectivity index (χ4v) is 2.88. The van der Waals surface area contributed by atoms with E-state index < -0.39 is 0 Å². The van der Waals surface area contributed by atoms with Gasteiger partial charge in [-0.3, -0.25) is 4.90 Å². The first kappa shape index (κ1) is 12.6. The van der Waals surface area contributed by atoms with Gasteiger partial charge in [-0.25, -0.2) is 0 Å². The van der Waals surface area contributed by atoms with Crippen molar-refractivity contribution >= 4 is 11.3 Å². The lowest BCUT2D eigenvalue weighted by molar-refractivity contribution is 0.257. The molecule has 0 saturated heterocycles. The van der Waals surface area contributed by atoms with Gasteiger partial charge in [-0.05, 0) is 37.3 Å². The number of nitrogens with two attached hydrogens (primary N) is 1. The van der Waals surface area contributed by atoms with Crippen molar-refractivity contribution in [1.29, 1.82) is 0 Å². The maximum Gasteiger partial charge on any atom is 0.0555 e. The van der Waals surface area contributed by atoms with Crippen LogP contribution in [0, 0.1) is 11.8 Å². The first-order valence-corrected chi connectivity index (χ1v) is 7.22. The quantitative estimate of drug-likeness (QED) is 0.811. The van der Waals surface area contributed by atoms with Crippen LogP contribution in [0.3, 0.4) is 0 Å². The fraction of sp³-hybridized carbons (Fsp3) is 0.571. The molecule has 0 aromatic carbocycles. The van der Waals surface area contributed by atoms with E-state index in [1.165, 1.54) is 36.2 Å². The van der Waals surface area contributed by atoms with Gasteiger partial charge in [0, 0.05) is 23.0 Å². The molecular formula is C14H20N2S. The monoisotopic (exact) mass is 248 g/mol. The van der Waals surface area contributed by atoms with E-state index in [-0.39, 0.29) is 0 Å². The Morgan fingerprint density at radius 2 is 2.35 bits per heavy atom. The molecule has 0 atom stereocenters. The summed E-state index contributed by atoms with van der Waals surface area (Å²) in [5, 5.41) is 2.13. The number of thiophene rings is 1. The van der Waals surface area contributed by atoms with Crippen LogP contribution in [0.25, 0.3) is 0 Å². The minimum Gasteiger partial charge on any atom is -0.320 e. The Bertz CT molecular complexity index is 409. The summed E-state index contributed by atoms with van der Waals surface area (Å²) >= 11 is 1.81. The highest BCUT2D eigenvalue weighted by Crippen LogP contribution is 2.30. The molecule has 0 amide bonds. The molecule has 92 valence electrons. The molecule has 0 bridgehead atoms. The maximum absolute atomic E-state index is 5.42. The number of rotatable bonds is 5. The van der Waals surface area contributed by atoms with Crippen LogP contribution < -0.4 is 5.73 Å². The summed E-state index contributed by atoms with van der Waals surface area (Å²) in [5.41, 5.74) is 6.59. The van der Waals surface area contributed by atoms with E-state index in [2.05, 4.69) is 35.1 Å².